The number of hydrogen-bond acceptors (Lipinski definition) is 4. The molecule has 1 aliphatic rings. The van der Waals surface area contributed by atoms with Crippen molar-refractivity contribution in [3.8, 4) is 5.75 Å². The van der Waals surface area contributed by atoms with Gasteiger partial charge in [0.1, 0.15) is 17.4 Å². The number of thiazole rings is 1. The third-order valence-corrected chi connectivity index (χ3v) is 4.80. The van der Waals surface area contributed by atoms with Crippen molar-refractivity contribution in [2.75, 3.05) is 7.05 Å². The molecule has 0 amide bonds. The van der Waals surface area contributed by atoms with Crippen LogP contribution in [0, 0.1) is 13.8 Å². The van der Waals surface area contributed by atoms with Crippen LogP contribution in [-0.4, -0.2) is 12.0 Å². The van der Waals surface area contributed by atoms with E-state index in [1.54, 1.807) is 11.3 Å². The normalized spacial score (nSPS) is 14.4. The molecule has 0 spiro atoms. The third-order valence-electron chi connectivity index (χ3n) is 3.75. The molecule has 0 unspecified atom stereocenters. The zero-order valence-electron chi connectivity index (χ0n) is 12.9. The summed E-state index contributed by atoms with van der Waals surface area (Å²) in [6.45, 7) is 5.67. The van der Waals surface area contributed by atoms with Crippen molar-refractivity contribution in [1.29, 1.82) is 0 Å². The van der Waals surface area contributed by atoms with Crippen LogP contribution in [0.1, 0.15) is 45.5 Å². The van der Waals surface area contributed by atoms with E-state index in [4.69, 9.17) is 9.72 Å². The van der Waals surface area contributed by atoms with Crippen LogP contribution in [-0.2, 0) is 13.2 Å². The van der Waals surface area contributed by atoms with Gasteiger partial charge in [0.05, 0.1) is 5.69 Å². The first-order valence-electron chi connectivity index (χ1n) is 7.50. The maximum atomic E-state index is 5.95. The van der Waals surface area contributed by atoms with E-state index in [0.717, 1.165) is 17.3 Å². The molecule has 1 fully saturated rings. The zero-order valence-corrected chi connectivity index (χ0v) is 13.7. The molecule has 1 heterocycles. The third kappa shape index (κ3) is 3.44. The smallest absolute Gasteiger partial charge is 0.140 e. The Morgan fingerprint density at radius 2 is 2.14 bits per heavy atom. The van der Waals surface area contributed by atoms with Crippen LogP contribution >= 0.6 is 11.3 Å². The molecule has 0 aliphatic heterocycles. The van der Waals surface area contributed by atoms with Crippen molar-refractivity contribution in [1.82, 2.24) is 10.3 Å². The summed E-state index contributed by atoms with van der Waals surface area (Å²) in [5.74, 6) is 1.65. The highest BCUT2D eigenvalue weighted by Crippen LogP contribution is 2.42. The number of aromatic nitrogens is 1. The maximum absolute atomic E-state index is 5.95. The standard InChI is InChI=1S/C17H22N2OS/c1-11-4-7-14(12(2)8-11)20-10-16-19-17(13-5-6-13)15(21-16)9-18-3/h4,7-8,13,18H,5-6,9-10H2,1-3H3. The molecular formula is C17H22N2OS. The van der Waals surface area contributed by atoms with Crippen molar-refractivity contribution in [2.24, 2.45) is 0 Å². The number of nitrogens with one attached hydrogen (secondary N) is 1. The molecule has 3 rings (SSSR count). The van der Waals surface area contributed by atoms with Gasteiger partial charge in [-0.1, -0.05) is 17.7 Å². The second-order valence-electron chi connectivity index (χ2n) is 5.78. The van der Waals surface area contributed by atoms with E-state index < -0.39 is 0 Å². The lowest BCUT2D eigenvalue weighted by Crippen LogP contribution is -2.05. The van der Waals surface area contributed by atoms with Crippen molar-refractivity contribution in [2.45, 2.75) is 45.8 Å². The molecule has 0 bridgehead atoms. The Labute approximate surface area is 130 Å². The summed E-state index contributed by atoms with van der Waals surface area (Å²) in [6, 6.07) is 6.29. The van der Waals surface area contributed by atoms with Crippen LogP contribution in [0.25, 0.3) is 0 Å². The Kier molecular flexibility index (Phi) is 4.27. The molecule has 21 heavy (non-hydrogen) atoms. The molecule has 1 N–H and O–H groups in total. The Balaban J connectivity index is 1.71. The summed E-state index contributed by atoms with van der Waals surface area (Å²) in [7, 11) is 1.99. The van der Waals surface area contributed by atoms with Gasteiger partial charge in [-0.3, -0.25) is 0 Å². The second kappa shape index (κ2) is 6.16. The first-order valence-corrected chi connectivity index (χ1v) is 8.32. The summed E-state index contributed by atoms with van der Waals surface area (Å²) in [4.78, 5) is 6.18. The number of aryl methyl sites for hydroxylation is 2. The number of ether oxygens (including phenoxy) is 1. The van der Waals surface area contributed by atoms with Crippen molar-refractivity contribution in [3.63, 3.8) is 0 Å². The van der Waals surface area contributed by atoms with Gasteiger partial charge in [-0.2, -0.15) is 0 Å². The average molecular weight is 302 g/mol. The van der Waals surface area contributed by atoms with Gasteiger partial charge >= 0.3 is 0 Å². The summed E-state index contributed by atoms with van der Waals surface area (Å²) in [5.41, 5.74) is 3.75. The lowest BCUT2D eigenvalue weighted by Gasteiger charge is -2.08. The molecule has 0 saturated heterocycles. The Bertz CT molecular complexity index is 632. The maximum Gasteiger partial charge on any atom is 0.140 e. The fourth-order valence-corrected chi connectivity index (χ4v) is 3.62. The topological polar surface area (TPSA) is 34.1 Å². The Hall–Kier alpha value is -1.39. The fourth-order valence-electron chi connectivity index (χ4n) is 2.54. The fraction of sp³-hybridized carbons (Fsp3) is 0.471. The van der Waals surface area contributed by atoms with E-state index >= 15 is 0 Å². The summed E-state index contributed by atoms with van der Waals surface area (Å²) >= 11 is 1.78. The molecule has 1 saturated carbocycles. The largest absolute Gasteiger partial charge is 0.486 e. The molecule has 1 aromatic heterocycles. The summed E-state index contributed by atoms with van der Waals surface area (Å²) < 4.78 is 5.95. The van der Waals surface area contributed by atoms with Crippen LogP contribution in [0.15, 0.2) is 18.2 Å². The molecule has 3 nitrogen and oxygen atoms in total. The monoisotopic (exact) mass is 302 g/mol. The molecule has 4 heteroatoms. The molecular weight excluding hydrogens is 280 g/mol. The van der Waals surface area contributed by atoms with Crippen molar-refractivity contribution in [3.05, 3.63) is 44.9 Å². The zero-order chi connectivity index (χ0) is 14.8. The van der Waals surface area contributed by atoms with E-state index in [2.05, 4.69) is 37.4 Å². The quantitative estimate of drug-likeness (QED) is 0.877. The Morgan fingerprint density at radius 1 is 1.33 bits per heavy atom. The lowest BCUT2D eigenvalue weighted by molar-refractivity contribution is 0.303. The highest BCUT2D eigenvalue weighted by molar-refractivity contribution is 7.11. The SMILES string of the molecule is CNCc1sc(COc2ccc(C)cc2C)nc1C1CC1. The van der Waals surface area contributed by atoms with Crippen LogP contribution < -0.4 is 10.1 Å². The first kappa shape index (κ1) is 14.5. The molecule has 1 aliphatic carbocycles. The number of hydrogen-bond donors (Lipinski definition) is 1. The van der Waals surface area contributed by atoms with Gasteiger partial charge in [0.2, 0.25) is 0 Å². The van der Waals surface area contributed by atoms with Gasteiger partial charge in [-0.15, -0.1) is 11.3 Å². The highest BCUT2D eigenvalue weighted by Gasteiger charge is 2.29. The minimum absolute atomic E-state index is 0.567. The number of rotatable bonds is 6. The number of benzene rings is 1. The first-order chi connectivity index (χ1) is 10.2. The van der Waals surface area contributed by atoms with Crippen LogP contribution in [0.4, 0.5) is 0 Å². The predicted octanol–water partition coefficient (Wildman–Crippen LogP) is 3.94. The van der Waals surface area contributed by atoms with Gasteiger partial charge in [-0.25, -0.2) is 4.98 Å². The van der Waals surface area contributed by atoms with Crippen LogP contribution in [0.3, 0.4) is 0 Å². The van der Waals surface area contributed by atoms with E-state index in [1.165, 1.54) is 34.5 Å². The van der Waals surface area contributed by atoms with E-state index in [0.29, 0.717) is 12.5 Å². The van der Waals surface area contributed by atoms with Crippen LogP contribution in [0.2, 0.25) is 0 Å². The summed E-state index contributed by atoms with van der Waals surface area (Å²) in [5, 5.41) is 4.32. The average Bonchev–Trinajstić information content (AvgIpc) is 3.21. The molecule has 112 valence electrons. The summed E-state index contributed by atoms with van der Waals surface area (Å²) in [6.07, 6.45) is 2.58. The van der Waals surface area contributed by atoms with Crippen LogP contribution in [0.5, 0.6) is 5.75 Å². The second-order valence-corrected chi connectivity index (χ2v) is 6.95. The minimum Gasteiger partial charge on any atom is -0.486 e. The lowest BCUT2D eigenvalue weighted by atomic mass is 10.1. The predicted molar refractivity (Wildman–Crippen MR) is 87.1 cm³/mol. The Morgan fingerprint density at radius 3 is 2.81 bits per heavy atom. The van der Waals surface area contributed by atoms with Gasteiger partial charge in [-0.05, 0) is 45.4 Å². The van der Waals surface area contributed by atoms with Gasteiger partial charge < -0.3 is 10.1 Å². The molecule has 0 atom stereocenters. The molecule has 0 radical (unpaired) electrons. The van der Waals surface area contributed by atoms with Gasteiger partial charge in [0.15, 0.2) is 0 Å². The number of nitrogens with zero attached hydrogens (tertiary/aromatic N) is 1. The van der Waals surface area contributed by atoms with Gasteiger partial charge in [0, 0.05) is 17.3 Å². The van der Waals surface area contributed by atoms with Crippen molar-refractivity contribution < 1.29 is 4.74 Å². The van der Waals surface area contributed by atoms with Gasteiger partial charge in [0.25, 0.3) is 0 Å². The van der Waals surface area contributed by atoms with E-state index in [-0.39, 0.29) is 0 Å². The van der Waals surface area contributed by atoms with E-state index in [9.17, 15) is 0 Å². The highest BCUT2D eigenvalue weighted by atomic mass is 32.1. The van der Waals surface area contributed by atoms with Crippen molar-refractivity contribution >= 4 is 11.3 Å². The van der Waals surface area contributed by atoms with E-state index in [1.807, 2.05) is 7.05 Å². The molecule has 2 aromatic rings. The minimum atomic E-state index is 0.567. The molecule has 1 aromatic carbocycles.